The summed E-state index contributed by atoms with van der Waals surface area (Å²) >= 11 is 0. The van der Waals surface area contributed by atoms with Gasteiger partial charge in [0.25, 0.3) is 0 Å². The number of rotatable bonds is 0. The highest BCUT2D eigenvalue weighted by Crippen LogP contribution is 2.49. The topological polar surface area (TPSA) is 0 Å². The van der Waals surface area contributed by atoms with E-state index in [4.69, 9.17) is 0 Å². The van der Waals surface area contributed by atoms with Crippen LogP contribution in [0.2, 0.25) is 0 Å². The van der Waals surface area contributed by atoms with Gasteiger partial charge in [0.2, 0.25) is 0 Å². The molecule has 0 aromatic heterocycles. The van der Waals surface area contributed by atoms with E-state index in [1.165, 1.54) is 12.3 Å². The molecule has 2 fully saturated rings. The van der Waals surface area contributed by atoms with E-state index >= 15 is 0 Å². The molecule has 46 valence electrons. The molecule has 0 aromatic carbocycles. The van der Waals surface area contributed by atoms with Crippen LogP contribution in [0.1, 0.15) is 32.6 Å². The van der Waals surface area contributed by atoms with Crippen molar-refractivity contribution in [3.8, 4) is 0 Å². The van der Waals surface area contributed by atoms with Gasteiger partial charge >= 0.3 is 0 Å². The van der Waals surface area contributed by atoms with Crippen molar-refractivity contribution in [2.45, 2.75) is 32.6 Å². The molecular formula is C8H14. The van der Waals surface area contributed by atoms with E-state index in [0.29, 0.717) is 0 Å². The molecule has 2 saturated carbocycles. The maximum Gasteiger partial charge on any atom is -0.0360 e. The SMILES string of the molecule is C[C@@H]1CCC2CCC21. The van der Waals surface area contributed by atoms with Gasteiger partial charge in [0, 0.05) is 0 Å². The molecular weight excluding hydrogens is 96.1 g/mol. The summed E-state index contributed by atoms with van der Waals surface area (Å²) in [7, 11) is 0. The summed E-state index contributed by atoms with van der Waals surface area (Å²) in [6.07, 6.45) is 6.17. The highest BCUT2D eigenvalue weighted by atomic mass is 14.4. The molecule has 2 aliphatic rings. The molecule has 8 heavy (non-hydrogen) atoms. The molecule has 0 spiro atoms. The largest absolute Gasteiger partial charge is 0.0622 e. The van der Waals surface area contributed by atoms with Crippen molar-refractivity contribution in [1.82, 2.24) is 0 Å². The van der Waals surface area contributed by atoms with Gasteiger partial charge in [-0.3, -0.25) is 0 Å². The van der Waals surface area contributed by atoms with Crippen LogP contribution in [-0.2, 0) is 0 Å². The van der Waals surface area contributed by atoms with Gasteiger partial charge in [0.05, 0.1) is 0 Å². The maximum absolute atomic E-state index is 2.42. The van der Waals surface area contributed by atoms with E-state index in [-0.39, 0.29) is 0 Å². The van der Waals surface area contributed by atoms with Gasteiger partial charge in [-0.25, -0.2) is 0 Å². The van der Waals surface area contributed by atoms with E-state index in [1.54, 1.807) is 19.3 Å². The fourth-order valence-electron chi connectivity index (χ4n) is 2.39. The molecule has 0 nitrogen and oxygen atoms in total. The van der Waals surface area contributed by atoms with Crippen LogP contribution >= 0.6 is 0 Å². The minimum Gasteiger partial charge on any atom is -0.0622 e. The zero-order valence-corrected chi connectivity index (χ0v) is 5.56. The van der Waals surface area contributed by atoms with E-state index in [2.05, 4.69) is 6.92 Å². The lowest BCUT2D eigenvalue weighted by atomic mass is 9.73. The molecule has 2 aliphatic carbocycles. The standard InChI is InChI=1S/C8H14/c1-6-2-3-7-4-5-8(6)7/h6-8H,2-5H2,1H3/t6-,7?,8?/m1/s1. The second-order valence-electron chi connectivity index (χ2n) is 3.56. The summed E-state index contributed by atoms with van der Waals surface area (Å²) in [5.74, 6) is 3.41. The van der Waals surface area contributed by atoms with Crippen LogP contribution in [0.25, 0.3) is 0 Å². The van der Waals surface area contributed by atoms with Crippen molar-refractivity contribution >= 4 is 0 Å². The minimum absolute atomic E-state index is 1.08. The second-order valence-corrected chi connectivity index (χ2v) is 3.56. The predicted octanol–water partition coefficient (Wildman–Crippen LogP) is 2.44. The van der Waals surface area contributed by atoms with E-state index in [0.717, 1.165) is 11.8 Å². The number of hydrogen-bond acceptors (Lipinski definition) is 0. The fourth-order valence-corrected chi connectivity index (χ4v) is 2.39. The zero-order valence-electron chi connectivity index (χ0n) is 5.56. The van der Waals surface area contributed by atoms with Crippen molar-refractivity contribution < 1.29 is 0 Å². The second kappa shape index (κ2) is 1.49. The highest BCUT2D eigenvalue weighted by molar-refractivity contribution is 4.89. The average Bonchev–Trinajstić information content (AvgIpc) is 1.80. The molecule has 0 bridgehead atoms. The summed E-state index contributed by atoms with van der Waals surface area (Å²) in [6, 6.07) is 0. The summed E-state index contributed by atoms with van der Waals surface area (Å²) < 4.78 is 0. The third-order valence-corrected chi connectivity index (χ3v) is 3.20. The van der Waals surface area contributed by atoms with Gasteiger partial charge < -0.3 is 0 Å². The average molecular weight is 110 g/mol. The lowest BCUT2D eigenvalue weighted by Gasteiger charge is -2.32. The molecule has 0 heteroatoms. The first-order chi connectivity index (χ1) is 3.88. The minimum atomic E-state index is 1.08. The zero-order chi connectivity index (χ0) is 5.56. The van der Waals surface area contributed by atoms with E-state index in [9.17, 15) is 0 Å². The molecule has 2 rings (SSSR count). The van der Waals surface area contributed by atoms with Gasteiger partial charge in [0.15, 0.2) is 0 Å². The Hall–Kier alpha value is 0. The first kappa shape index (κ1) is 4.84. The fraction of sp³-hybridized carbons (Fsp3) is 1.00. The Morgan fingerprint density at radius 3 is 2.00 bits per heavy atom. The van der Waals surface area contributed by atoms with Gasteiger partial charge in [-0.05, 0) is 37.0 Å². The lowest BCUT2D eigenvalue weighted by Crippen LogP contribution is -2.23. The molecule has 0 aliphatic heterocycles. The summed E-state index contributed by atoms with van der Waals surface area (Å²) in [5, 5.41) is 0. The van der Waals surface area contributed by atoms with Gasteiger partial charge in [0.1, 0.15) is 0 Å². The Morgan fingerprint density at radius 2 is 1.75 bits per heavy atom. The summed E-state index contributed by atoms with van der Waals surface area (Å²) in [5.41, 5.74) is 0. The van der Waals surface area contributed by atoms with Gasteiger partial charge in [-0.1, -0.05) is 13.3 Å². The van der Waals surface area contributed by atoms with Gasteiger partial charge in [-0.2, -0.15) is 0 Å². The number of hydrogen-bond donors (Lipinski definition) is 0. The van der Waals surface area contributed by atoms with Crippen LogP contribution in [0.15, 0.2) is 0 Å². The summed E-state index contributed by atoms with van der Waals surface area (Å²) in [4.78, 5) is 0. The van der Waals surface area contributed by atoms with Crippen LogP contribution in [0.4, 0.5) is 0 Å². The third kappa shape index (κ3) is 0.463. The Labute approximate surface area is 51.3 Å². The van der Waals surface area contributed by atoms with Crippen LogP contribution in [0, 0.1) is 17.8 Å². The summed E-state index contributed by atoms with van der Waals surface area (Å²) in [6.45, 7) is 2.42. The molecule has 0 aromatic rings. The first-order valence-electron chi connectivity index (χ1n) is 3.88. The third-order valence-electron chi connectivity index (χ3n) is 3.20. The number of fused-ring (bicyclic) bond motifs is 1. The Balaban J connectivity index is 2.05. The Morgan fingerprint density at radius 1 is 1.00 bits per heavy atom. The molecule has 0 amide bonds. The smallest absolute Gasteiger partial charge is 0.0360 e. The van der Waals surface area contributed by atoms with Crippen molar-refractivity contribution in [2.75, 3.05) is 0 Å². The van der Waals surface area contributed by atoms with Crippen molar-refractivity contribution in [2.24, 2.45) is 17.8 Å². The van der Waals surface area contributed by atoms with E-state index in [1.807, 2.05) is 0 Å². The Kier molecular flexibility index (Phi) is 0.902. The van der Waals surface area contributed by atoms with Crippen molar-refractivity contribution in [3.05, 3.63) is 0 Å². The molecule has 3 atom stereocenters. The molecule has 0 radical (unpaired) electrons. The van der Waals surface area contributed by atoms with Crippen molar-refractivity contribution in [1.29, 1.82) is 0 Å². The molecule has 0 heterocycles. The lowest BCUT2D eigenvalue weighted by molar-refractivity contribution is 0.180. The van der Waals surface area contributed by atoms with Crippen molar-refractivity contribution in [3.63, 3.8) is 0 Å². The van der Waals surface area contributed by atoms with Gasteiger partial charge in [-0.15, -0.1) is 0 Å². The maximum atomic E-state index is 2.42. The monoisotopic (exact) mass is 110 g/mol. The Bertz CT molecular complexity index is 90.2. The van der Waals surface area contributed by atoms with Crippen LogP contribution in [0.3, 0.4) is 0 Å². The first-order valence-corrected chi connectivity index (χ1v) is 3.88. The predicted molar refractivity (Wildman–Crippen MR) is 34.6 cm³/mol. The van der Waals surface area contributed by atoms with E-state index < -0.39 is 0 Å². The normalized spacial score (nSPS) is 52.9. The molecule has 0 saturated heterocycles. The van der Waals surface area contributed by atoms with Crippen LogP contribution in [0.5, 0.6) is 0 Å². The van der Waals surface area contributed by atoms with Crippen LogP contribution in [-0.4, -0.2) is 0 Å². The highest BCUT2D eigenvalue weighted by Gasteiger charge is 2.39. The molecule has 2 unspecified atom stereocenters. The quantitative estimate of drug-likeness (QED) is 0.449. The molecule has 0 N–H and O–H groups in total. The van der Waals surface area contributed by atoms with Crippen LogP contribution < -0.4 is 0 Å².